The lowest BCUT2D eigenvalue weighted by molar-refractivity contribution is -0.122. The topological polar surface area (TPSA) is 74.8 Å². The zero-order chi connectivity index (χ0) is 21.3. The molecule has 3 N–H and O–H groups in total. The van der Waals surface area contributed by atoms with E-state index in [0.29, 0.717) is 6.54 Å². The Bertz CT molecular complexity index is 891. The van der Waals surface area contributed by atoms with Gasteiger partial charge in [0, 0.05) is 31.7 Å². The van der Waals surface area contributed by atoms with Crippen molar-refractivity contribution in [2.75, 3.05) is 26.0 Å². The molecule has 6 nitrogen and oxygen atoms in total. The second-order valence-corrected chi connectivity index (χ2v) is 7.72. The standard InChI is InChI=1S/C24H32N4O2/c1-17-10-11-18(15-22(17)30-3)12-13-26-24(25-2)27-16-19-6-4-9-21(14-19)28-23(29)20-7-5-8-20/h4,6,9-11,14-15,20H,5,7-8,12-13,16H2,1-3H3,(H,28,29)(H2,25,26,27). The Hall–Kier alpha value is -3.02. The van der Waals surface area contributed by atoms with Crippen LogP contribution in [0.15, 0.2) is 47.5 Å². The molecule has 3 rings (SSSR count). The molecule has 0 saturated heterocycles. The molecule has 2 aromatic rings. The van der Waals surface area contributed by atoms with Crippen LogP contribution in [0.1, 0.15) is 36.0 Å². The molecule has 1 amide bonds. The number of nitrogens with zero attached hydrogens (tertiary/aromatic N) is 1. The highest BCUT2D eigenvalue weighted by Crippen LogP contribution is 2.27. The van der Waals surface area contributed by atoms with E-state index in [1.807, 2.05) is 31.2 Å². The predicted molar refractivity (Wildman–Crippen MR) is 122 cm³/mol. The predicted octanol–water partition coefficient (Wildman–Crippen LogP) is 3.65. The molecule has 1 saturated carbocycles. The van der Waals surface area contributed by atoms with Gasteiger partial charge in [-0.15, -0.1) is 0 Å². The van der Waals surface area contributed by atoms with Crippen LogP contribution in [0, 0.1) is 12.8 Å². The summed E-state index contributed by atoms with van der Waals surface area (Å²) in [7, 11) is 3.46. The van der Waals surface area contributed by atoms with Crippen molar-refractivity contribution >= 4 is 17.6 Å². The zero-order valence-corrected chi connectivity index (χ0v) is 18.1. The molecule has 0 spiro atoms. The van der Waals surface area contributed by atoms with E-state index in [2.05, 4.69) is 39.1 Å². The van der Waals surface area contributed by atoms with Crippen LogP contribution in [0.2, 0.25) is 0 Å². The average Bonchev–Trinajstić information content (AvgIpc) is 2.70. The van der Waals surface area contributed by atoms with Crippen molar-refractivity contribution in [1.82, 2.24) is 10.6 Å². The lowest BCUT2D eigenvalue weighted by atomic mass is 9.85. The molecule has 0 unspecified atom stereocenters. The summed E-state index contributed by atoms with van der Waals surface area (Å²) in [5.74, 6) is 1.98. The first-order valence-corrected chi connectivity index (χ1v) is 10.6. The van der Waals surface area contributed by atoms with Crippen molar-refractivity contribution in [2.24, 2.45) is 10.9 Å². The highest BCUT2D eigenvalue weighted by molar-refractivity contribution is 5.93. The summed E-state index contributed by atoms with van der Waals surface area (Å²) in [4.78, 5) is 16.4. The second-order valence-electron chi connectivity index (χ2n) is 7.72. The van der Waals surface area contributed by atoms with Crippen molar-refractivity contribution in [3.8, 4) is 5.75 Å². The van der Waals surface area contributed by atoms with E-state index in [1.165, 1.54) is 5.56 Å². The molecule has 30 heavy (non-hydrogen) atoms. The van der Waals surface area contributed by atoms with Crippen LogP contribution < -0.4 is 20.7 Å². The monoisotopic (exact) mass is 408 g/mol. The second kappa shape index (κ2) is 10.7. The molecule has 2 aromatic carbocycles. The normalized spacial score (nSPS) is 14.0. The van der Waals surface area contributed by atoms with Crippen LogP contribution in [0.3, 0.4) is 0 Å². The fourth-order valence-electron chi connectivity index (χ4n) is 3.43. The Kier molecular flexibility index (Phi) is 7.71. The average molecular weight is 409 g/mol. The molecule has 1 aliphatic rings. The fraction of sp³-hybridized carbons (Fsp3) is 0.417. The van der Waals surface area contributed by atoms with Gasteiger partial charge in [-0.2, -0.15) is 0 Å². The first-order chi connectivity index (χ1) is 14.6. The van der Waals surface area contributed by atoms with E-state index in [1.54, 1.807) is 14.2 Å². The Morgan fingerprint density at radius 2 is 1.97 bits per heavy atom. The van der Waals surface area contributed by atoms with E-state index in [4.69, 9.17) is 4.74 Å². The van der Waals surface area contributed by atoms with Crippen LogP contribution in [0.25, 0.3) is 0 Å². The molecule has 1 aliphatic carbocycles. The largest absolute Gasteiger partial charge is 0.496 e. The van der Waals surface area contributed by atoms with E-state index in [-0.39, 0.29) is 11.8 Å². The first kappa shape index (κ1) is 21.7. The van der Waals surface area contributed by atoms with E-state index < -0.39 is 0 Å². The molecule has 1 fully saturated rings. The van der Waals surface area contributed by atoms with Gasteiger partial charge in [0.1, 0.15) is 5.75 Å². The molecule has 160 valence electrons. The lowest BCUT2D eigenvalue weighted by Crippen LogP contribution is -2.37. The van der Waals surface area contributed by atoms with Crippen LogP contribution in [-0.4, -0.2) is 32.6 Å². The van der Waals surface area contributed by atoms with Gasteiger partial charge in [-0.25, -0.2) is 0 Å². The van der Waals surface area contributed by atoms with Crippen LogP contribution >= 0.6 is 0 Å². The Morgan fingerprint density at radius 1 is 1.13 bits per heavy atom. The molecular weight excluding hydrogens is 376 g/mol. The van der Waals surface area contributed by atoms with Gasteiger partial charge < -0.3 is 20.7 Å². The van der Waals surface area contributed by atoms with Crippen LogP contribution in [0.5, 0.6) is 5.75 Å². The molecule has 0 heterocycles. The molecule has 0 radical (unpaired) electrons. The number of aliphatic imine (C=N–C) groups is 1. The number of amides is 1. The highest BCUT2D eigenvalue weighted by atomic mass is 16.5. The van der Waals surface area contributed by atoms with Crippen molar-refractivity contribution in [3.05, 3.63) is 59.2 Å². The van der Waals surface area contributed by atoms with Gasteiger partial charge in [-0.3, -0.25) is 9.79 Å². The number of benzene rings is 2. The molecule has 0 atom stereocenters. The lowest BCUT2D eigenvalue weighted by Gasteiger charge is -2.24. The maximum absolute atomic E-state index is 12.1. The summed E-state index contributed by atoms with van der Waals surface area (Å²) in [5, 5.41) is 9.71. The molecule has 6 heteroatoms. The van der Waals surface area contributed by atoms with Gasteiger partial charge in [0.15, 0.2) is 5.96 Å². The zero-order valence-electron chi connectivity index (χ0n) is 18.1. The van der Waals surface area contributed by atoms with Gasteiger partial charge in [0.05, 0.1) is 7.11 Å². The number of carbonyl (C=O) groups excluding carboxylic acids is 1. The van der Waals surface area contributed by atoms with E-state index >= 15 is 0 Å². The molecule has 0 bridgehead atoms. The SMILES string of the molecule is CN=C(NCCc1ccc(C)c(OC)c1)NCc1cccc(NC(=O)C2CCC2)c1. The number of hydrogen-bond donors (Lipinski definition) is 3. The van der Waals surface area contributed by atoms with Crippen LogP contribution in [0.4, 0.5) is 5.69 Å². The number of rotatable bonds is 8. The van der Waals surface area contributed by atoms with Crippen molar-refractivity contribution in [3.63, 3.8) is 0 Å². The molecule has 0 aliphatic heterocycles. The number of methoxy groups -OCH3 is 1. The quantitative estimate of drug-likeness (QED) is 0.460. The maximum atomic E-state index is 12.1. The summed E-state index contributed by atoms with van der Waals surface area (Å²) in [6.07, 6.45) is 4.04. The Balaban J connectivity index is 1.46. The molecule has 0 aromatic heterocycles. The molecular formula is C24H32N4O2. The summed E-state index contributed by atoms with van der Waals surface area (Å²) >= 11 is 0. The minimum Gasteiger partial charge on any atom is -0.496 e. The van der Waals surface area contributed by atoms with Gasteiger partial charge in [-0.1, -0.05) is 30.7 Å². The van der Waals surface area contributed by atoms with Gasteiger partial charge in [0.25, 0.3) is 0 Å². The number of anilines is 1. The number of carbonyl (C=O) groups is 1. The van der Waals surface area contributed by atoms with E-state index in [9.17, 15) is 4.79 Å². The van der Waals surface area contributed by atoms with Gasteiger partial charge in [0.2, 0.25) is 5.91 Å². The van der Waals surface area contributed by atoms with Crippen molar-refractivity contribution in [1.29, 1.82) is 0 Å². The smallest absolute Gasteiger partial charge is 0.227 e. The fourth-order valence-corrected chi connectivity index (χ4v) is 3.43. The third-order valence-corrected chi connectivity index (χ3v) is 5.53. The Morgan fingerprint density at radius 3 is 2.67 bits per heavy atom. The first-order valence-electron chi connectivity index (χ1n) is 10.6. The third-order valence-electron chi connectivity index (χ3n) is 5.53. The summed E-state index contributed by atoms with van der Waals surface area (Å²) < 4.78 is 5.40. The number of guanidine groups is 1. The van der Waals surface area contributed by atoms with Crippen molar-refractivity contribution in [2.45, 2.75) is 39.2 Å². The minimum absolute atomic E-state index is 0.136. The number of ether oxygens (including phenoxy) is 1. The third kappa shape index (κ3) is 5.99. The van der Waals surface area contributed by atoms with E-state index in [0.717, 1.165) is 60.8 Å². The van der Waals surface area contributed by atoms with Crippen molar-refractivity contribution < 1.29 is 9.53 Å². The summed E-state index contributed by atoms with van der Waals surface area (Å²) in [6.45, 7) is 3.44. The Labute approximate surface area is 179 Å². The number of aryl methyl sites for hydroxylation is 1. The maximum Gasteiger partial charge on any atom is 0.227 e. The highest BCUT2D eigenvalue weighted by Gasteiger charge is 2.25. The summed E-state index contributed by atoms with van der Waals surface area (Å²) in [5.41, 5.74) is 4.29. The van der Waals surface area contributed by atoms with Gasteiger partial charge >= 0.3 is 0 Å². The summed E-state index contributed by atoms with van der Waals surface area (Å²) in [6, 6.07) is 14.2. The number of nitrogens with one attached hydrogen (secondary N) is 3. The van der Waals surface area contributed by atoms with Gasteiger partial charge in [-0.05, 0) is 61.1 Å². The number of hydrogen-bond acceptors (Lipinski definition) is 3. The minimum atomic E-state index is 0.136. The van der Waals surface area contributed by atoms with Crippen LogP contribution in [-0.2, 0) is 17.8 Å².